The molecule has 0 aliphatic carbocycles. The molecule has 0 saturated heterocycles. The van der Waals surface area contributed by atoms with E-state index in [0.29, 0.717) is 10.8 Å². The van der Waals surface area contributed by atoms with Gasteiger partial charge in [0.1, 0.15) is 5.75 Å². The summed E-state index contributed by atoms with van der Waals surface area (Å²) in [4.78, 5) is 23.2. The molecule has 0 fully saturated rings. The Morgan fingerprint density at radius 3 is 2.43 bits per heavy atom. The van der Waals surface area contributed by atoms with Gasteiger partial charge < -0.3 is 14.2 Å². The van der Waals surface area contributed by atoms with E-state index in [2.05, 4.69) is 6.58 Å². The molecule has 5 nitrogen and oxygen atoms in total. The lowest BCUT2D eigenvalue weighted by Crippen LogP contribution is -2.32. The van der Waals surface area contributed by atoms with Crippen molar-refractivity contribution in [2.75, 3.05) is 6.61 Å². The van der Waals surface area contributed by atoms with Gasteiger partial charge in [0.2, 0.25) is 6.10 Å². The van der Waals surface area contributed by atoms with Gasteiger partial charge in [0.05, 0.1) is 6.61 Å². The number of hydrogen-bond donors (Lipinski definition) is 0. The highest BCUT2D eigenvalue weighted by molar-refractivity contribution is 6.30. The van der Waals surface area contributed by atoms with Gasteiger partial charge in [0.25, 0.3) is 5.56 Å². The summed E-state index contributed by atoms with van der Waals surface area (Å²) >= 11 is 11.5. The normalized spacial score (nSPS) is 12.9. The number of rotatable bonds is 7. The van der Waals surface area contributed by atoms with E-state index in [1.54, 1.807) is 31.2 Å². The minimum Gasteiger partial charge on any atom is -0.463 e. The van der Waals surface area contributed by atoms with Crippen LogP contribution in [0.3, 0.4) is 0 Å². The molecular weight excluding hydrogens is 319 g/mol. The zero-order chi connectivity index (χ0) is 15.8. The molecule has 0 heterocycles. The third-order valence-electron chi connectivity index (χ3n) is 2.21. The molecule has 114 valence electrons. The number of benzene rings is 1. The van der Waals surface area contributed by atoms with Gasteiger partial charge in [-0.1, -0.05) is 29.8 Å². The van der Waals surface area contributed by atoms with Gasteiger partial charge in [-0.3, -0.25) is 0 Å². The second-order valence-corrected chi connectivity index (χ2v) is 4.57. The van der Waals surface area contributed by atoms with Crippen molar-refractivity contribution < 1.29 is 23.8 Å². The largest absolute Gasteiger partial charge is 0.463 e. The highest BCUT2D eigenvalue weighted by Crippen LogP contribution is 2.18. The average molecular weight is 333 g/mol. The molecule has 21 heavy (non-hydrogen) atoms. The lowest BCUT2D eigenvalue weighted by molar-refractivity contribution is -0.166. The van der Waals surface area contributed by atoms with Gasteiger partial charge >= 0.3 is 11.9 Å². The monoisotopic (exact) mass is 332 g/mol. The Morgan fingerprint density at radius 2 is 1.90 bits per heavy atom. The Bertz CT molecular complexity index is 501. The highest BCUT2D eigenvalue weighted by atomic mass is 35.5. The minimum atomic E-state index is -1.41. The van der Waals surface area contributed by atoms with E-state index < -0.39 is 23.6 Å². The summed E-state index contributed by atoms with van der Waals surface area (Å²) in [6.07, 6.45) is -0.0885. The van der Waals surface area contributed by atoms with Gasteiger partial charge in [-0.25, -0.2) is 9.59 Å². The average Bonchev–Trinajstić information content (AvgIpc) is 2.46. The van der Waals surface area contributed by atoms with Crippen LogP contribution < -0.4 is 4.74 Å². The zero-order valence-electron chi connectivity index (χ0n) is 11.3. The van der Waals surface area contributed by atoms with Crippen LogP contribution in [-0.4, -0.2) is 30.2 Å². The van der Waals surface area contributed by atoms with E-state index in [4.69, 9.17) is 37.4 Å². The molecule has 1 aromatic rings. The van der Waals surface area contributed by atoms with E-state index in [9.17, 15) is 9.59 Å². The predicted octanol–water partition coefficient (Wildman–Crippen LogP) is 2.94. The van der Waals surface area contributed by atoms with Crippen LogP contribution in [0.1, 0.15) is 6.92 Å². The first-order valence-electron chi connectivity index (χ1n) is 6.04. The zero-order valence-corrected chi connectivity index (χ0v) is 12.8. The molecular formula is C14H14Cl2O5. The van der Waals surface area contributed by atoms with Gasteiger partial charge in [-0.05, 0) is 37.3 Å². The summed E-state index contributed by atoms with van der Waals surface area (Å²) in [6.45, 7) is 5.19. The molecule has 1 rings (SSSR count). The highest BCUT2D eigenvalue weighted by Gasteiger charge is 2.26. The molecule has 7 heteroatoms. The van der Waals surface area contributed by atoms with Crippen LogP contribution in [0.15, 0.2) is 36.9 Å². The molecule has 0 aromatic heterocycles. The van der Waals surface area contributed by atoms with Gasteiger partial charge in [-0.15, -0.1) is 0 Å². The number of ether oxygens (including phenoxy) is 3. The van der Waals surface area contributed by atoms with Crippen LogP contribution in [-0.2, 0) is 19.1 Å². The number of alkyl halides is 1. The Hall–Kier alpha value is -1.72. The molecule has 0 amide bonds. The van der Waals surface area contributed by atoms with E-state index in [1.165, 1.54) is 0 Å². The third-order valence-corrected chi connectivity index (χ3v) is 2.73. The molecule has 0 aliphatic rings. The predicted molar refractivity (Wildman–Crippen MR) is 78.4 cm³/mol. The number of carbonyl (C=O) groups excluding carboxylic acids is 2. The minimum absolute atomic E-state index is 0.159. The van der Waals surface area contributed by atoms with Crippen LogP contribution in [0.2, 0.25) is 5.02 Å². The van der Waals surface area contributed by atoms with Crippen molar-refractivity contribution in [1.29, 1.82) is 0 Å². The number of hydrogen-bond acceptors (Lipinski definition) is 5. The summed E-state index contributed by atoms with van der Waals surface area (Å²) in [5.74, 6) is -1.32. The quantitative estimate of drug-likeness (QED) is 0.436. The molecule has 0 N–H and O–H groups in total. The van der Waals surface area contributed by atoms with Crippen LogP contribution in [0, 0.1) is 0 Å². The molecule has 0 aliphatic heterocycles. The maximum absolute atomic E-state index is 11.7. The second kappa shape index (κ2) is 8.54. The SMILES string of the molecule is C=CC(OC(=O)C(Cl)Oc1ccc(Cl)cc1)C(=O)OCC. The number of carbonyl (C=O) groups is 2. The van der Waals surface area contributed by atoms with Crippen molar-refractivity contribution in [3.05, 3.63) is 41.9 Å². The van der Waals surface area contributed by atoms with Gasteiger partial charge in [0.15, 0.2) is 0 Å². The van der Waals surface area contributed by atoms with E-state index in [-0.39, 0.29) is 6.61 Å². The Kier molecular flexibility index (Phi) is 7.05. The first-order chi connectivity index (χ1) is 9.97. The maximum atomic E-state index is 11.7. The maximum Gasteiger partial charge on any atom is 0.364 e. The fourth-order valence-corrected chi connectivity index (χ4v) is 1.56. The Balaban J connectivity index is 2.59. The summed E-state index contributed by atoms with van der Waals surface area (Å²) in [5, 5.41) is 0.519. The second-order valence-electron chi connectivity index (χ2n) is 3.73. The van der Waals surface area contributed by atoms with Crippen LogP contribution in [0.4, 0.5) is 0 Å². The first kappa shape index (κ1) is 17.3. The molecule has 0 spiro atoms. The molecule has 2 unspecified atom stereocenters. The molecule has 1 aromatic carbocycles. The molecule has 0 bridgehead atoms. The summed E-state index contributed by atoms with van der Waals surface area (Å²) in [6, 6.07) is 6.25. The van der Waals surface area contributed by atoms with Crippen molar-refractivity contribution in [1.82, 2.24) is 0 Å². The lowest BCUT2D eigenvalue weighted by Gasteiger charge is -2.16. The first-order valence-corrected chi connectivity index (χ1v) is 6.85. The van der Waals surface area contributed by atoms with E-state index in [1.807, 2.05) is 0 Å². The molecule has 0 saturated carbocycles. The summed E-state index contributed by atoms with van der Waals surface area (Å²) in [5.41, 5.74) is -1.41. The van der Waals surface area contributed by atoms with Crippen molar-refractivity contribution in [2.24, 2.45) is 0 Å². The van der Waals surface area contributed by atoms with Crippen LogP contribution in [0.25, 0.3) is 0 Å². The molecule has 0 radical (unpaired) electrons. The smallest absolute Gasteiger partial charge is 0.364 e. The molecule has 2 atom stereocenters. The Labute approximate surface area is 132 Å². The van der Waals surface area contributed by atoms with Crippen LogP contribution >= 0.6 is 23.2 Å². The third kappa shape index (κ3) is 5.65. The standard InChI is InChI=1S/C14H14Cl2O5/c1-3-11(13(17)19-4-2)21-14(18)12(16)20-10-7-5-9(15)6-8-10/h3,5-8,11-12H,1,4H2,2H3. The topological polar surface area (TPSA) is 61.8 Å². The van der Waals surface area contributed by atoms with Crippen molar-refractivity contribution in [3.8, 4) is 5.75 Å². The van der Waals surface area contributed by atoms with Crippen molar-refractivity contribution >= 4 is 35.1 Å². The van der Waals surface area contributed by atoms with Crippen LogP contribution in [0.5, 0.6) is 5.75 Å². The van der Waals surface area contributed by atoms with Crippen molar-refractivity contribution in [2.45, 2.75) is 18.6 Å². The summed E-state index contributed by atoms with van der Waals surface area (Å²) in [7, 11) is 0. The lowest BCUT2D eigenvalue weighted by atomic mass is 10.3. The van der Waals surface area contributed by atoms with E-state index in [0.717, 1.165) is 6.08 Å². The number of esters is 2. The van der Waals surface area contributed by atoms with Gasteiger partial charge in [-0.2, -0.15) is 0 Å². The Morgan fingerprint density at radius 1 is 1.29 bits per heavy atom. The van der Waals surface area contributed by atoms with Gasteiger partial charge in [0, 0.05) is 5.02 Å². The summed E-state index contributed by atoms with van der Waals surface area (Å²) < 4.78 is 14.7. The fraction of sp³-hybridized carbons (Fsp3) is 0.286. The van der Waals surface area contributed by atoms with Crippen molar-refractivity contribution in [3.63, 3.8) is 0 Å². The fourth-order valence-electron chi connectivity index (χ4n) is 1.28. The number of halogens is 2. The van der Waals surface area contributed by atoms with E-state index >= 15 is 0 Å².